The minimum absolute atomic E-state index is 0.142. The van der Waals surface area contributed by atoms with Gasteiger partial charge in [0.15, 0.2) is 0 Å². The van der Waals surface area contributed by atoms with E-state index in [4.69, 9.17) is 16.3 Å². The molecule has 128 valence electrons. The number of ether oxygens (including phenoxy) is 1. The number of carbonyl (C=O) groups is 1. The van der Waals surface area contributed by atoms with Gasteiger partial charge in [0.05, 0.1) is 5.69 Å². The molecule has 0 unspecified atom stereocenters. The number of aromatic nitrogens is 2. The van der Waals surface area contributed by atoms with Crippen molar-refractivity contribution in [3.63, 3.8) is 0 Å². The normalized spacial score (nSPS) is 10.5. The fraction of sp³-hybridized carbons (Fsp3) is 0.167. The highest BCUT2D eigenvalue weighted by Crippen LogP contribution is 2.21. The number of carbonyl (C=O) groups excluding carboxylic acids is 1. The standard InChI is InChI=1S/C18H16ClN3O2S/c1-12-17(18(23)21-10-13-3-2-8-20-9-13)25-16(22-12)11-24-15-6-4-14(19)5-7-15/h2-9H,10-11H2,1H3,(H,21,23). The fourth-order valence-electron chi connectivity index (χ4n) is 2.17. The summed E-state index contributed by atoms with van der Waals surface area (Å²) in [5.74, 6) is 0.566. The Morgan fingerprint density at radius 3 is 2.80 bits per heavy atom. The highest BCUT2D eigenvalue weighted by Gasteiger charge is 2.15. The van der Waals surface area contributed by atoms with Crippen LogP contribution in [0.15, 0.2) is 48.8 Å². The molecule has 7 heteroatoms. The molecular weight excluding hydrogens is 358 g/mol. The topological polar surface area (TPSA) is 64.1 Å². The molecule has 0 saturated heterocycles. The molecule has 1 amide bonds. The molecule has 0 aliphatic heterocycles. The maximum absolute atomic E-state index is 12.3. The summed E-state index contributed by atoms with van der Waals surface area (Å²) in [6, 6.07) is 10.9. The van der Waals surface area contributed by atoms with Crippen LogP contribution in [0.2, 0.25) is 5.02 Å². The summed E-state index contributed by atoms with van der Waals surface area (Å²) in [6.07, 6.45) is 3.43. The number of pyridine rings is 1. The average Bonchev–Trinajstić information content (AvgIpc) is 3.01. The number of hydrogen-bond acceptors (Lipinski definition) is 5. The van der Waals surface area contributed by atoms with Crippen LogP contribution in [0.4, 0.5) is 0 Å². The van der Waals surface area contributed by atoms with Gasteiger partial charge in [-0.05, 0) is 42.8 Å². The van der Waals surface area contributed by atoms with Crippen LogP contribution in [0, 0.1) is 6.92 Å². The Bertz CT molecular complexity index is 851. The lowest BCUT2D eigenvalue weighted by atomic mass is 10.3. The third-order valence-electron chi connectivity index (χ3n) is 3.40. The molecule has 5 nitrogen and oxygen atoms in total. The average molecular weight is 374 g/mol. The second-order valence-corrected chi connectivity index (χ2v) is 6.83. The first-order valence-corrected chi connectivity index (χ1v) is 8.83. The molecule has 3 rings (SSSR count). The smallest absolute Gasteiger partial charge is 0.263 e. The van der Waals surface area contributed by atoms with Crippen LogP contribution in [-0.4, -0.2) is 15.9 Å². The van der Waals surface area contributed by atoms with E-state index >= 15 is 0 Å². The molecular formula is C18H16ClN3O2S. The summed E-state index contributed by atoms with van der Waals surface area (Å²) >= 11 is 7.18. The van der Waals surface area contributed by atoms with Crippen molar-refractivity contribution in [3.05, 3.63) is 75.0 Å². The molecule has 0 radical (unpaired) electrons. The monoisotopic (exact) mass is 373 g/mol. The number of hydrogen-bond donors (Lipinski definition) is 1. The van der Waals surface area contributed by atoms with E-state index in [0.29, 0.717) is 34.5 Å². The van der Waals surface area contributed by atoms with Crippen molar-refractivity contribution >= 4 is 28.8 Å². The number of nitrogens with zero attached hydrogens (tertiary/aromatic N) is 2. The fourth-order valence-corrected chi connectivity index (χ4v) is 3.19. The van der Waals surface area contributed by atoms with Crippen LogP contribution in [0.5, 0.6) is 5.75 Å². The Morgan fingerprint density at radius 1 is 1.28 bits per heavy atom. The van der Waals surface area contributed by atoms with Gasteiger partial charge in [0.1, 0.15) is 22.2 Å². The van der Waals surface area contributed by atoms with Gasteiger partial charge in [-0.1, -0.05) is 17.7 Å². The van der Waals surface area contributed by atoms with Crippen molar-refractivity contribution < 1.29 is 9.53 Å². The van der Waals surface area contributed by atoms with E-state index in [0.717, 1.165) is 10.6 Å². The van der Waals surface area contributed by atoms with E-state index < -0.39 is 0 Å². The van der Waals surface area contributed by atoms with Crippen LogP contribution in [-0.2, 0) is 13.2 Å². The van der Waals surface area contributed by atoms with Gasteiger partial charge in [-0.25, -0.2) is 4.98 Å². The molecule has 0 atom stereocenters. The van der Waals surface area contributed by atoms with Gasteiger partial charge in [0, 0.05) is 24.0 Å². The van der Waals surface area contributed by atoms with Gasteiger partial charge < -0.3 is 10.1 Å². The summed E-state index contributed by atoms with van der Waals surface area (Å²) in [7, 11) is 0. The minimum Gasteiger partial charge on any atom is -0.486 e. The van der Waals surface area contributed by atoms with Crippen LogP contribution < -0.4 is 10.1 Å². The van der Waals surface area contributed by atoms with E-state index in [9.17, 15) is 4.79 Å². The summed E-state index contributed by atoms with van der Waals surface area (Å²) in [5, 5.41) is 4.29. The molecule has 25 heavy (non-hydrogen) atoms. The lowest BCUT2D eigenvalue weighted by Gasteiger charge is -2.04. The lowest BCUT2D eigenvalue weighted by molar-refractivity contribution is 0.0954. The van der Waals surface area contributed by atoms with Crippen LogP contribution in [0.3, 0.4) is 0 Å². The number of aryl methyl sites for hydroxylation is 1. The van der Waals surface area contributed by atoms with Crippen molar-refractivity contribution in [2.24, 2.45) is 0 Å². The molecule has 3 aromatic rings. The summed E-state index contributed by atoms with van der Waals surface area (Å²) in [5.41, 5.74) is 1.65. The largest absolute Gasteiger partial charge is 0.486 e. The van der Waals surface area contributed by atoms with Crippen molar-refractivity contribution in [2.75, 3.05) is 0 Å². The molecule has 0 saturated carbocycles. The quantitative estimate of drug-likeness (QED) is 0.709. The summed E-state index contributed by atoms with van der Waals surface area (Å²) < 4.78 is 5.67. The number of nitrogens with one attached hydrogen (secondary N) is 1. The van der Waals surface area contributed by atoms with Gasteiger partial charge in [-0.15, -0.1) is 11.3 Å². The zero-order valence-electron chi connectivity index (χ0n) is 13.5. The Morgan fingerprint density at radius 2 is 2.08 bits per heavy atom. The molecule has 2 heterocycles. The molecule has 0 aliphatic carbocycles. The maximum Gasteiger partial charge on any atom is 0.263 e. The third kappa shape index (κ3) is 4.78. The van der Waals surface area contributed by atoms with Gasteiger partial charge in [0.25, 0.3) is 5.91 Å². The number of amides is 1. The second-order valence-electron chi connectivity index (χ2n) is 5.31. The van der Waals surface area contributed by atoms with Gasteiger partial charge in [0.2, 0.25) is 0 Å². The van der Waals surface area contributed by atoms with Crippen molar-refractivity contribution in [2.45, 2.75) is 20.1 Å². The van der Waals surface area contributed by atoms with Crippen molar-refractivity contribution in [3.8, 4) is 5.75 Å². The highest BCUT2D eigenvalue weighted by atomic mass is 35.5. The number of halogens is 1. The first-order chi connectivity index (χ1) is 12.1. The van der Waals surface area contributed by atoms with E-state index in [-0.39, 0.29) is 5.91 Å². The lowest BCUT2D eigenvalue weighted by Crippen LogP contribution is -2.22. The summed E-state index contributed by atoms with van der Waals surface area (Å²) in [4.78, 5) is 21.4. The Balaban J connectivity index is 1.59. The zero-order valence-corrected chi connectivity index (χ0v) is 15.1. The van der Waals surface area contributed by atoms with E-state index in [1.165, 1.54) is 11.3 Å². The van der Waals surface area contributed by atoms with Crippen molar-refractivity contribution in [1.82, 2.24) is 15.3 Å². The molecule has 2 aromatic heterocycles. The molecule has 0 bridgehead atoms. The summed E-state index contributed by atoms with van der Waals surface area (Å²) in [6.45, 7) is 2.56. The number of rotatable bonds is 6. The number of benzene rings is 1. The highest BCUT2D eigenvalue weighted by molar-refractivity contribution is 7.13. The zero-order chi connectivity index (χ0) is 17.6. The van der Waals surface area contributed by atoms with E-state index in [1.807, 2.05) is 19.1 Å². The van der Waals surface area contributed by atoms with E-state index in [2.05, 4.69) is 15.3 Å². The maximum atomic E-state index is 12.3. The SMILES string of the molecule is Cc1nc(COc2ccc(Cl)cc2)sc1C(=O)NCc1cccnc1. The Hall–Kier alpha value is -2.44. The molecule has 1 aromatic carbocycles. The Labute approximate surface area is 154 Å². The minimum atomic E-state index is -0.142. The molecule has 0 aliphatic rings. The van der Waals surface area contributed by atoms with Gasteiger partial charge in [-0.2, -0.15) is 0 Å². The molecule has 0 spiro atoms. The van der Waals surface area contributed by atoms with Gasteiger partial charge >= 0.3 is 0 Å². The molecule has 0 fully saturated rings. The van der Waals surface area contributed by atoms with Crippen molar-refractivity contribution in [1.29, 1.82) is 0 Å². The first-order valence-electron chi connectivity index (χ1n) is 7.63. The van der Waals surface area contributed by atoms with Crippen LogP contribution in [0.1, 0.15) is 25.9 Å². The second kappa shape index (κ2) is 8.09. The van der Waals surface area contributed by atoms with Crippen LogP contribution >= 0.6 is 22.9 Å². The molecule has 1 N–H and O–H groups in total. The number of thiazole rings is 1. The van der Waals surface area contributed by atoms with Crippen LogP contribution in [0.25, 0.3) is 0 Å². The van der Waals surface area contributed by atoms with E-state index in [1.54, 1.807) is 36.7 Å². The predicted octanol–water partition coefficient (Wildman–Crippen LogP) is 4.01. The first kappa shape index (κ1) is 17.4. The Kier molecular flexibility index (Phi) is 5.63. The van der Waals surface area contributed by atoms with Gasteiger partial charge in [-0.3, -0.25) is 9.78 Å². The third-order valence-corrected chi connectivity index (χ3v) is 4.78. The predicted molar refractivity (Wildman–Crippen MR) is 98.0 cm³/mol.